The minimum absolute atomic E-state index is 0.00333. The Morgan fingerprint density at radius 1 is 1.11 bits per heavy atom. The van der Waals surface area contributed by atoms with Crippen LogP contribution in [0.3, 0.4) is 0 Å². The third kappa shape index (κ3) is 2.62. The van der Waals surface area contributed by atoms with Crippen molar-refractivity contribution in [3.8, 4) is 0 Å². The van der Waals surface area contributed by atoms with Crippen molar-refractivity contribution in [1.82, 2.24) is 4.98 Å². The maximum absolute atomic E-state index is 12.8. The molecule has 104 valence electrons. The quantitative estimate of drug-likeness (QED) is 0.719. The number of fused-ring (bicyclic) bond motifs is 1. The second kappa shape index (κ2) is 4.29. The predicted octanol–water partition coefficient (Wildman–Crippen LogP) is 5.34. The molecule has 1 nitrogen and oxygen atoms in total. The summed E-state index contributed by atoms with van der Waals surface area (Å²) in [6.45, 7) is 8.31. The molecule has 1 heterocycles. The average Bonchev–Trinajstić information content (AvgIpc) is 2.67. The maximum Gasteiger partial charge on any atom is 0.416 e. The van der Waals surface area contributed by atoms with E-state index in [4.69, 9.17) is 0 Å². The fraction of sp³-hybridized carbons (Fsp3) is 0.467. The third-order valence-corrected chi connectivity index (χ3v) is 3.81. The first kappa shape index (κ1) is 14.0. The highest BCUT2D eigenvalue weighted by molar-refractivity contribution is 5.84. The van der Waals surface area contributed by atoms with Crippen LogP contribution in [0.4, 0.5) is 13.2 Å². The maximum atomic E-state index is 12.8. The minimum Gasteiger partial charge on any atom is -0.361 e. The van der Waals surface area contributed by atoms with E-state index in [1.807, 2.05) is 13.1 Å². The molecule has 0 aliphatic heterocycles. The van der Waals surface area contributed by atoms with Gasteiger partial charge in [0.2, 0.25) is 0 Å². The third-order valence-electron chi connectivity index (χ3n) is 3.81. The molecule has 0 saturated heterocycles. The zero-order valence-electron chi connectivity index (χ0n) is 11.5. The lowest BCUT2D eigenvalue weighted by Gasteiger charge is -2.27. The lowest BCUT2D eigenvalue weighted by molar-refractivity contribution is -0.137. The first-order chi connectivity index (χ1) is 8.60. The number of alkyl halides is 3. The van der Waals surface area contributed by atoms with Crippen LogP contribution < -0.4 is 0 Å². The molecule has 2 rings (SSSR count). The molecule has 1 N–H and O–H groups in total. The summed E-state index contributed by atoms with van der Waals surface area (Å²) in [5.74, 6) is 0.171. The Balaban J connectivity index is 2.58. The summed E-state index contributed by atoms with van der Waals surface area (Å²) >= 11 is 0. The van der Waals surface area contributed by atoms with E-state index in [0.29, 0.717) is 5.39 Å². The van der Waals surface area contributed by atoms with Gasteiger partial charge in [-0.25, -0.2) is 0 Å². The number of halogens is 3. The highest BCUT2D eigenvalue weighted by Gasteiger charge is 2.31. The molecule has 0 aliphatic carbocycles. The number of hydrogen-bond acceptors (Lipinski definition) is 0. The van der Waals surface area contributed by atoms with Gasteiger partial charge < -0.3 is 4.98 Å². The van der Waals surface area contributed by atoms with Crippen LogP contribution >= 0.6 is 0 Å². The summed E-state index contributed by atoms with van der Waals surface area (Å²) in [6, 6.07) is 3.85. The first-order valence-corrected chi connectivity index (χ1v) is 6.29. The normalized spacial score (nSPS) is 14.9. The molecule has 2 aromatic rings. The van der Waals surface area contributed by atoms with Gasteiger partial charge in [0, 0.05) is 17.1 Å². The van der Waals surface area contributed by atoms with Gasteiger partial charge in [0.15, 0.2) is 0 Å². The summed E-state index contributed by atoms with van der Waals surface area (Å²) in [4.78, 5) is 3.05. The molecule has 0 radical (unpaired) electrons. The molecule has 19 heavy (non-hydrogen) atoms. The Hall–Kier alpha value is -1.45. The fourth-order valence-electron chi connectivity index (χ4n) is 2.14. The Labute approximate surface area is 110 Å². The van der Waals surface area contributed by atoms with Gasteiger partial charge in [0.05, 0.1) is 5.56 Å². The SMILES string of the molecule is CC(c1c[nH]c2ccc(C(F)(F)F)cc12)C(C)(C)C. The standard InChI is InChI=1S/C15H18F3N/c1-9(14(2,3)4)12-8-19-13-6-5-10(7-11(12)13)15(16,17)18/h5-9,19H,1-4H3. The lowest BCUT2D eigenvalue weighted by Crippen LogP contribution is -2.15. The van der Waals surface area contributed by atoms with E-state index in [-0.39, 0.29) is 11.3 Å². The minimum atomic E-state index is -4.30. The molecule has 0 bridgehead atoms. The van der Waals surface area contributed by atoms with Gasteiger partial charge in [-0.2, -0.15) is 13.2 Å². The molecule has 0 amide bonds. The largest absolute Gasteiger partial charge is 0.416 e. The molecule has 1 atom stereocenters. The van der Waals surface area contributed by atoms with Crippen molar-refractivity contribution < 1.29 is 13.2 Å². The molecule has 0 saturated carbocycles. The van der Waals surface area contributed by atoms with Crippen LogP contribution in [0, 0.1) is 5.41 Å². The van der Waals surface area contributed by atoms with E-state index >= 15 is 0 Å². The van der Waals surface area contributed by atoms with Gasteiger partial charge in [-0.1, -0.05) is 27.7 Å². The highest BCUT2D eigenvalue weighted by Crippen LogP contribution is 2.39. The predicted molar refractivity (Wildman–Crippen MR) is 71.2 cm³/mol. The van der Waals surface area contributed by atoms with Gasteiger partial charge in [-0.3, -0.25) is 0 Å². The Morgan fingerprint density at radius 2 is 1.74 bits per heavy atom. The van der Waals surface area contributed by atoms with Crippen molar-refractivity contribution in [2.75, 3.05) is 0 Å². The van der Waals surface area contributed by atoms with Crippen molar-refractivity contribution in [2.24, 2.45) is 5.41 Å². The van der Waals surface area contributed by atoms with Gasteiger partial charge >= 0.3 is 6.18 Å². The smallest absolute Gasteiger partial charge is 0.361 e. The zero-order valence-corrected chi connectivity index (χ0v) is 11.5. The highest BCUT2D eigenvalue weighted by atomic mass is 19.4. The molecular formula is C15H18F3N. The first-order valence-electron chi connectivity index (χ1n) is 6.29. The van der Waals surface area contributed by atoms with Crippen LogP contribution in [0.25, 0.3) is 10.9 Å². The number of rotatable bonds is 1. The van der Waals surface area contributed by atoms with Crippen LogP contribution in [-0.2, 0) is 6.18 Å². The monoisotopic (exact) mass is 269 g/mol. The van der Waals surface area contributed by atoms with Gasteiger partial charge in [-0.05, 0) is 35.1 Å². The molecule has 1 aromatic carbocycles. The van der Waals surface area contributed by atoms with Crippen molar-refractivity contribution in [3.05, 3.63) is 35.5 Å². The number of aromatic nitrogens is 1. The number of benzene rings is 1. The molecule has 1 unspecified atom stereocenters. The Kier molecular flexibility index (Phi) is 3.15. The summed E-state index contributed by atoms with van der Waals surface area (Å²) < 4.78 is 38.3. The second-order valence-corrected chi connectivity index (χ2v) is 6.09. The van der Waals surface area contributed by atoms with Crippen molar-refractivity contribution in [2.45, 2.75) is 39.8 Å². The number of aromatic amines is 1. The number of hydrogen-bond donors (Lipinski definition) is 1. The molecule has 0 aliphatic rings. The molecule has 4 heteroatoms. The van der Waals surface area contributed by atoms with Crippen LogP contribution in [0.1, 0.15) is 44.7 Å². The van der Waals surface area contributed by atoms with Gasteiger partial charge in [0.25, 0.3) is 0 Å². The van der Waals surface area contributed by atoms with Crippen LogP contribution in [0.2, 0.25) is 0 Å². The number of H-pyrrole nitrogens is 1. The van der Waals surface area contributed by atoms with Crippen molar-refractivity contribution in [3.63, 3.8) is 0 Å². The van der Waals surface area contributed by atoms with Crippen LogP contribution in [-0.4, -0.2) is 4.98 Å². The molecule has 0 fully saturated rings. The van der Waals surface area contributed by atoms with Crippen molar-refractivity contribution in [1.29, 1.82) is 0 Å². The van der Waals surface area contributed by atoms with E-state index in [1.54, 1.807) is 0 Å². The van der Waals surface area contributed by atoms with E-state index in [0.717, 1.165) is 17.1 Å². The van der Waals surface area contributed by atoms with Gasteiger partial charge in [0.1, 0.15) is 0 Å². The summed E-state index contributed by atoms with van der Waals surface area (Å²) in [7, 11) is 0. The Bertz CT molecular complexity index is 587. The fourth-order valence-corrected chi connectivity index (χ4v) is 2.14. The van der Waals surface area contributed by atoms with Crippen LogP contribution in [0.5, 0.6) is 0 Å². The summed E-state index contributed by atoms with van der Waals surface area (Å²) in [5.41, 5.74) is 1.10. The average molecular weight is 269 g/mol. The van der Waals surface area contributed by atoms with Crippen LogP contribution in [0.15, 0.2) is 24.4 Å². The van der Waals surface area contributed by atoms with E-state index < -0.39 is 11.7 Å². The summed E-state index contributed by atoms with van der Waals surface area (Å²) in [6.07, 6.45) is -2.48. The van der Waals surface area contributed by atoms with Gasteiger partial charge in [-0.15, -0.1) is 0 Å². The number of nitrogens with one attached hydrogen (secondary N) is 1. The summed E-state index contributed by atoms with van der Waals surface area (Å²) in [5, 5.41) is 0.664. The van der Waals surface area contributed by atoms with E-state index in [9.17, 15) is 13.2 Å². The van der Waals surface area contributed by atoms with E-state index in [1.165, 1.54) is 12.1 Å². The van der Waals surface area contributed by atoms with E-state index in [2.05, 4.69) is 25.8 Å². The lowest BCUT2D eigenvalue weighted by atomic mass is 9.78. The second-order valence-electron chi connectivity index (χ2n) is 6.09. The molecule has 0 spiro atoms. The van der Waals surface area contributed by atoms with Crippen molar-refractivity contribution >= 4 is 10.9 Å². The zero-order chi connectivity index (χ0) is 14.4. The molecular weight excluding hydrogens is 251 g/mol. The molecule has 1 aromatic heterocycles. The Morgan fingerprint density at radius 3 is 2.26 bits per heavy atom. The topological polar surface area (TPSA) is 15.8 Å².